The van der Waals surface area contributed by atoms with Gasteiger partial charge in [0.2, 0.25) is 5.69 Å². The second kappa shape index (κ2) is 3.78. The van der Waals surface area contributed by atoms with Crippen molar-refractivity contribution in [3.8, 4) is 5.69 Å². The van der Waals surface area contributed by atoms with Crippen LogP contribution in [0.4, 0.5) is 0 Å². The third-order valence-electron chi connectivity index (χ3n) is 2.76. The molecule has 0 aliphatic carbocycles. The van der Waals surface area contributed by atoms with Crippen LogP contribution in [0.5, 0.6) is 0 Å². The molecule has 78 valence electrons. The maximum absolute atomic E-state index is 2.27. The minimum absolute atomic E-state index is 1.33. The average molecular weight is 218 g/mol. The van der Waals surface area contributed by atoms with Gasteiger partial charge in [-0.15, -0.1) is 3.96 Å². The van der Waals surface area contributed by atoms with Crippen molar-refractivity contribution in [2.24, 2.45) is 0 Å². The predicted molar refractivity (Wildman–Crippen MR) is 64.8 cm³/mol. The third-order valence-corrected chi connectivity index (χ3v) is 3.84. The monoisotopic (exact) mass is 218 g/mol. The fraction of sp³-hybridized carbons (Fsp3) is 0.308. The molecule has 0 N–H and O–H groups in total. The van der Waals surface area contributed by atoms with Crippen molar-refractivity contribution in [2.45, 2.75) is 27.7 Å². The highest BCUT2D eigenvalue weighted by Gasteiger charge is 2.17. The van der Waals surface area contributed by atoms with E-state index in [2.05, 4.69) is 56.0 Å². The van der Waals surface area contributed by atoms with E-state index in [9.17, 15) is 0 Å². The summed E-state index contributed by atoms with van der Waals surface area (Å²) in [6.45, 7) is 8.67. The van der Waals surface area contributed by atoms with Crippen molar-refractivity contribution < 1.29 is 3.96 Å². The van der Waals surface area contributed by atoms with Gasteiger partial charge >= 0.3 is 0 Å². The number of benzene rings is 1. The second-order valence-corrected chi connectivity index (χ2v) is 5.21. The molecule has 2 aromatic rings. The molecular formula is C13H16NS+. The van der Waals surface area contributed by atoms with Crippen LogP contribution in [0.3, 0.4) is 0 Å². The fourth-order valence-corrected chi connectivity index (χ4v) is 2.86. The zero-order valence-corrected chi connectivity index (χ0v) is 10.5. The molecule has 2 heteroatoms. The zero-order chi connectivity index (χ0) is 11.0. The van der Waals surface area contributed by atoms with Crippen LogP contribution in [0, 0.1) is 27.7 Å². The van der Waals surface area contributed by atoms with E-state index in [-0.39, 0.29) is 0 Å². The Morgan fingerprint density at radius 2 is 1.53 bits per heavy atom. The summed E-state index contributed by atoms with van der Waals surface area (Å²) in [5.74, 6) is 0. The summed E-state index contributed by atoms with van der Waals surface area (Å²) in [6, 6.07) is 6.45. The Kier molecular flexibility index (Phi) is 2.61. The van der Waals surface area contributed by atoms with Gasteiger partial charge in [0.15, 0.2) is 6.20 Å². The van der Waals surface area contributed by atoms with Crippen molar-refractivity contribution in [1.29, 1.82) is 0 Å². The summed E-state index contributed by atoms with van der Waals surface area (Å²) < 4.78 is 2.27. The van der Waals surface area contributed by atoms with Gasteiger partial charge < -0.3 is 0 Å². The van der Waals surface area contributed by atoms with Gasteiger partial charge in [-0.2, -0.15) is 0 Å². The molecule has 0 bridgehead atoms. The van der Waals surface area contributed by atoms with Crippen molar-refractivity contribution in [2.75, 3.05) is 0 Å². The lowest BCUT2D eigenvalue weighted by molar-refractivity contribution is -0.521. The van der Waals surface area contributed by atoms with Gasteiger partial charge in [-0.1, -0.05) is 18.2 Å². The first kappa shape index (κ1) is 10.4. The number of nitrogens with zero attached hydrogens (tertiary/aromatic N) is 1. The first-order valence-electron chi connectivity index (χ1n) is 5.15. The Balaban J connectivity index is 2.63. The molecule has 0 spiro atoms. The molecule has 1 aromatic heterocycles. The van der Waals surface area contributed by atoms with Gasteiger partial charge in [0.05, 0.1) is 4.88 Å². The van der Waals surface area contributed by atoms with E-state index in [1.165, 1.54) is 27.3 Å². The Morgan fingerprint density at radius 1 is 0.933 bits per heavy atom. The first-order valence-corrected chi connectivity index (χ1v) is 5.92. The lowest BCUT2D eigenvalue weighted by Gasteiger charge is -1.99. The molecule has 0 saturated heterocycles. The van der Waals surface area contributed by atoms with Crippen LogP contribution in [0.2, 0.25) is 0 Å². The largest absolute Gasteiger partial charge is 0.230 e. The molecule has 0 amide bonds. The number of hydrogen-bond acceptors (Lipinski definition) is 1. The zero-order valence-electron chi connectivity index (χ0n) is 9.66. The van der Waals surface area contributed by atoms with Crippen LogP contribution in [-0.2, 0) is 0 Å². The predicted octanol–water partition coefficient (Wildman–Crippen LogP) is 3.26. The fourth-order valence-electron chi connectivity index (χ4n) is 1.78. The van der Waals surface area contributed by atoms with E-state index in [1.54, 1.807) is 0 Å². The Labute approximate surface area is 95.2 Å². The molecular weight excluding hydrogens is 202 g/mol. The van der Waals surface area contributed by atoms with E-state index in [0.717, 1.165) is 0 Å². The number of hydrogen-bond donors (Lipinski definition) is 0. The summed E-state index contributed by atoms with van der Waals surface area (Å²) in [5, 5.41) is 0. The Hall–Kier alpha value is -1.15. The Morgan fingerprint density at radius 3 is 2.00 bits per heavy atom. The molecule has 0 atom stereocenters. The SMILES string of the molecule is Cc1c[n+](-c2c(C)cccc2C)sc1C. The highest BCUT2D eigenvalue weighted by atomic mass is 32.1. The summed E-state index contributed by atoms with van der Waals surface area (Å²) in [4.78, 5) is 1.39. The normalized spacial score (nSPS) is 10.7. The van der Waals surface area contributed by atoms with E-state index < -0.39 is 0 Å². The molecule has 1 nitrogen and oxygen atoms in total. The minimum atomic E-state index is 1.33. The van der Waals surface area contributed by atoms with Gasteiger partial charge in [-0.3, -0.25) is 0 Å². The highest BCUT2D eigenvalue weighted by Crippen LogP contribution is 2.17. The van der Waals surface area contributed by atoms with Gasteiger partial charge in [0.1, 0.15) is 11.5 Å². The summed E-state index contributed by atoms with van der Waals surface area (Å²) in [5.41, 5.74) is 5.36. The van der Waals surface area contributed by atoms with E-state index in [1.807, 2.05) is 11.5 Å². The maximum atomic E-state index is 2.27. The first-order chi connectivity index (χ1) is 7.09. The van der Waals surface area contributed by atoms with Gasteiger partial charge in [0, 0.05) is 16.7 Å². The molecule has 0 fully saturated rings. The molecule has 0 saturated carbocycles. The van der Waals surface area contributed by atoms with Crippen LogP contribution in [0.25, 0.3) is 5.69 Å². The van der Waals surface area contributed by atoms with Crippen molar-refractivity contribution in [3.05, 3.63) is 46.0 Å². The number of aromatic nitrogens is 1. The van der Waals surface area contributed by atoms with Gasteiger partial charge in [-0.25, -0.2) is 0 Å². The van der Waals surface area contributed by atoms with E-state index in [0.29, 0.717) is 0 Å². The van der Waals surface area contributed by atoms with Crippen LogP contribution in [0.15, 0.2) is 24.4 Å². The molecule has 0 aliphatic heterocycles. The van der Waals surface area contributed by atoms with Crippen molar-refractivity contribution in [1.82, 2.24) is 0 Å². The topological polar surface area (TPSA) is 3.88 Å². The lowest BCUT2D eigenvalue weighted by Crippen LogP contribution is -2.26. The van der Waals surface area contributed by atoms with Gasteiger partial charge in [-0.05, 0) is 27.7 Å². The third kappa shape index (κ3) is 1.82. The summed E-state index contributed by atoms with van der Waals surface area (Å²) in [6.07, 6.45) is 2.22. The Bertz CT molecular complexity index is 457. The summed E-state index contributed by atoms with van der Waals surface area (Å²) >= 11 is 1.81. The summed E-state index contributed by atoms with van der Waals surface area (Å²) in [7, 11) is 0. The molecule has 1 aromatic carbocycles. The van der Waals surface area contributed by atoms with E-state index >= 15 is 0 Å². The van der Waals surface area contributed by atoms with Crippen LogP contribution < -0.4 is 3.96 Å². The highest BCUT2D eigenvalue weighted by molar-refractivity contribution is 7.02. The number of aryl methyl sites for hydroxylation is 4. The minimum Gasteiger partial charge on any atom is -0.101 e. The molecule has 2 rings (SSSR count). The lowest BCUT2D eigenvalue weighted by atomic mass is 10.1. The average Bonchev–Trinajstić information content (AvgIpc) is 2.46. The van der Waals surface area contributed by atoms with Crippen molar-refractivity contribution in [3.63, 3.8) is 0 Å². The number of para-hydroxylation sites is 1. The van der Waals surface area contributed by atoms with Gasteiger partial charge in [0.25, 0.3) is 0 Å². The van der Waals surface area contributed by atoms with E-state index in [4.69, 9.17) is 0 Å². The molecule has 1 heterocycles. The standard InChI is InChI=1S/C13H16NS/c1-9-6-5-7-10(2)13(9)14-8-11(3)12(4)15-14/h5-8H,1-4H3/q+1. The number of rotatable bonds is 1. The smallest absolute Gasteiger partial charge is 0.101 e. The van der Waals surface area contributed by atoms with Crippen LogP contribution in [0.1, 0.15) is 21.6 Å². The van der Waals surface area contributed by atoms with Crippen LogP contribution >= 0.6 is 11.5 Å². The molecule has 0 aliphatic rings. The quantitative estimate of drug-likeness (QED) is 0.647. The second-order valence-electron chi connectivity index (χ2n) is 4.03. The molecule has 15 heavy (non-hydrogen) atoms. The molecule has 0 unspecified atom stereocenters. The molecule has 0 radical (unpaired) electrons. The maximum Gasteiger partial charge on any atom is 0.230 e. The van der Waals surface area contributed by atoms with Crippen LogP contribution in [-0.4, -0.2) is 0 Å². The van der Waals surface area contributed by atoms with Crippen molar-refractivity contribution >= 4 is 11.5 Å².